The highest BCUT2D eigenvalue weighted by molar-refractivity contribution is 7.99. The molecule has 0 saturated carbocycles. The highest BCUT2D eigenvalue weighted by Crippen LogP contribution is 2.20. The van der Waals surface area contributed by atoms with Crippen molar-refractivity contribution in [2.45, 2.75) is 37.9 Å². The number of ether oxygens (including phenoxy) is 2. The predicted octanol–water partition coefficient (Wildman–Crippen LogP) is 4.22. The molecule has 3 rings (SSSR count). The third-order valence-electron chi connectivity index (χ3n) is 4.84. The zero-order valence-corrected chi connectivity index (χ0v) is 18.9. The van der Waals surface area contributed by atoms with Gasteiger partial charge in [-0.05, 0) is 61.7 Å². The highest BCUT2D eigenvalue weighted by atomic mass is 32.2. The molecule has 1 aromatic heterocycles. The maximum Gasteiger partial charge on any atom is 0.234 e. The summed E-state index contributed by atoms with van der Waals surface area (Å²) in [5, 5.41) is 12.3. The maximum absolute atomic E-state index is 12.3. The number of anilines is 1. The molecule has 0 saturated heterocycles. The molecule has 1 amide bonds. The van der Waals surface area contributed by atoms with Crippen molar-refractivity contribution in [1.29, 1.82) is 0 Å². The van der Waals surface area contributed by atoms with Crippen molar-refractivity contribution < 1.29 is 14.3 Å². The van der Waals surface area contributed by atoms with E-state index in [9.17, 15) is 4.79 Å². The molecule has 31 heavy (non-hydrogen) atoms. The van der Waals surface area contributed by atoms with Crippen molar-refractivity contribution in [3.8, 4) is 11.5 Å². The Bertz CT molecular complexity index is 971. The molecular weight excluding hydrogens is 412 g/mol. The van der Waals surface area contributed by atoms with Gasteiger partial charge in [-0.25, -0.2) is 0 Å². The number of rotatable bonds is 11. The number of nitrogens with zero attached hydrogens (tertiary/aromatic N) is 3. The largest absolute Gasteiger partial charge is 0.497 e. The molecule has 0 aliphatic carbocycles. The second kappa shape index (κ2) is 11.4. The van der Waals surface area contributed by atoms with Crippen molar-refractivity contribution >= 4 is 23.4 Å². The average molecular weight is 441 g/mol. The first-order valence-corrected chi connectivity index (χ1v) is 11.2. The van der Waals surface area contributed by atoms with E-state index < -0.39 is 0 Å². The molecule has 2 aromatic carbocycles. The molecule has 1 heterocycles. The summed E-state index contributed by atoms with van der Waals surface area (Å²) in [6.07, 6.45) is 2.78. The Morgan fingerprint density at radius 3 is 2.23 bits per heavy atom. The zero-order valence-electron chi connectivity index (χ0n) is 18.1. The number of nitrogens with one attached hydrogen (secondary N) is 1. The normalized spacial score (nSPS) is 10.7. The smallest absolute Gasteiger partial charge is 0.234 e. The molecule has 8 heteroatoms. The van der Waals surface area contributed by atoms with Gasteiger partial charge in [-0.15, -0.1) is 10.2 Å². The van der Waals surface area contributed by atoms with Crippen molar-refractivity contribution in [2.24, 2.45) is 0 Å². The lowest BCUT2D eigenvalue weighted by Crippen LogP contribution is -2.14. The monoisotopic (exact) mass is 440 g/mol. The van der Waals surface area contributed by atoms with Crippen LogP contribution in [0.25, 0.3) is 0 Å². The molecule has 0 spiro atoms. The molecule has 0 radical (unpaired) electrons. The van der Waals surface area contributed by atoms with E-state index in [4.69, 9.17) is 9.47 Å². The molecule has 0 aliphatic heterocycles. The molecule has 0 bridgehead atoms. The summed E-state index contributed by atoms with van der Waals surface area (Å²) in [6.45, 7) is 2.84. The fraction of sp³-hybridized carbons (Fsp3) is 0.348. The molecule has 3 aromatic rings. The third kappa shape index (κ3) is 6.49. The number of carbonyl (C=O) groups excluding carboxylic acids is 1. The van der Waals surface area contributed by atoms with Crippen LogP contribution < -0.4 is 14.8 Å². The van der Waals surface area contributed by atoms with Crippen molar-refractivity contribution in [3.63, 3.8) is 0 Å². The number of hydrogen-bond donors (Lipinski definition) is 1. The SMILES string of the molecule is CCn1c(CCCc2ccc(OC)cc2)nnc1SCC(=O)Nc1ccc(OC)cc1. The van der Waals surface area contributed by atoms with Gasteiger partial charge in [-0.2, -0.15) is 0 Å². The van der Waals surface area contributed by atoms with Gasteiger partial charge >= 0.3 is 0 Å². The number of amides is 1. The summed E-state index contributed by atoms with van der Waals surface area (Å²) >= 11 is 1.40. The van der Waals surface area contributed by atoms with Gasteiger partial charge in [-0.1, -0.05) is 23.9 Å². The van der Waals surface area contributed by atoms with Crippen LogP contribution in [0.15, 0.2) is 53.7 Å². The van der Waals surface area contributed by atoms with Crippen LogP contribution in [0.2, 0.25) is 0 Å². The quantitative estimate of drug-likeness (QED) is 0.450. The standard InChI is InChI=1S/C23H28N4O3S/c1-4-27-21(7-5-6-17-8-12-19(29-2)13-9-17)25-26-23(27)31-16-22(28)24-18-10-14-20(30-3)15-11-18/h8-15H,4-7,16H2,1-3H3,(H,24,28). The number of aryl methyl sites for hydroxylation is 2. The minimum Gasteiger partial charge on any atom is -0.497 e. The lowest BCUT2D eigenvalue weighted by atomic mass is 10.1. The lowest BCUT2D eigenvalue weighted by Gasteiger charge is -2.08. The van der Waals surface area contributed by atoms with Crippen LogP contribution in [-0.2, 0) is 24.2 Å². The summed E-state index contributed by atoms with van der Waals surface area (Å²) < 4.78 is 12.4. The number of hydrogen-bond acceptors (Lipinski definition) is 6. The molecule has 0 unspecified atom stereocenters. The molecular formula is C23H28N4O3S. The molecule has 0 atom stereocenters. The lowest BCUT2D eigenvalue weighted by molar-refractivity contribution is -0.113. The van der Waals surface area contributed by atoms with E-state index in [1.54, 1.807) is 14.2 Å². The van der Waals surface area contributed by atoms with Gasteiger partial charge in [0.15, 0.2) is 5.16 Å². The van der Waals surface area contributed by atoms with Gasteiger partial charge in [0.2, 0.25) is 5.91 Å². The topological polar surface area (TPSA) is 78.3 Å². The number of methoxy groups -OCH3 is 2. The van der Waals surface area contributed by atoms with Gasteiger partial charge in [0.05, 0.1) is 20.0 Å². The second-order valence-corrected chi connectivity index (χ2v) is 7.85. The van der Waals surface area contributed by atoms with E-state index in [0.717, 1.165) is 54.0 Å². The van der Waals surface area contributed by atoms with E-state index >= 15 is 0 Å². The van der Waals surface area contributed by atoms with Gasteiger partial charge in [0, 0.05) is 18.7 Å². The third-order valence-corrected chi connectivity index (χ3v) is 5.81. The predicted molar refractivity (Wildman–Crippen MR) is 123 cm³/mol. The van der Waals surface area contributed by atoms with Crippen LogP contribution in [0.4, 0.5) is 5.69 Å². The molecule has 7 nitrogen and oxygen atoms in total. The fourth-order valence-corrected chi connectivity index (χ4v) is 3.99. The number of thioether (sulfide) groups is 1. The van der Waals surface area contributed by atoms with Crippen LogP contribution >= 0.6 is 11.8 Å². The Hall–Kier alpha value is -3.00. The Kier molecular flexibility index (Phi) is 8.35. The summed E-state index contributed by atoms with van der Waals surface area (Å²) in [4.78, 5) is 12.3. The van der Waals surface area contributed by atoms with Crippen LogP contribution in [0, 0.1) is 0 Å². The highest BCUT2D eigenvalue weighted by Gasteiger charge is 2.13. The Labute approximate surface area is 187 Å². The molecule has 1 N–H and O–H groups in total. The van der Waals surface area contributed by atoms with E-state index in [1.807, 2.05) is 36.4 Å². The maximum atomic E-state index is 12.3. The van der Waals surface area contributed by atoms with Crippen molar-refractivity contribution in [1.82, 2.24) is 14.8 Å². The van der Waals surface area contributed by atoms with Crippen LogP contribution in [-0.4, -0.2) is 40.6 Å². The summed E-state index contributed by atoms with van der Waals surface area (Å²) in [7, 11) is 3.28. The van der Waals surface area contributed by atoms with E-state index in [0.29, 0.717) is 0 Å². The number of benzene rings is 2. The van der Waals surface area contributed by atoms with Crippen LogP contribution in [0.5, 0.6) is 11.5 Å². The summed E-state index contributed by atoms with van der Waals surface area (Å²) in [6, 6.07) is 15.4. The van der Waals surface area contributed by atoms with Gasteiger partial charge in [0.1, 0.15) is 17.3 Å². The van der Waals surface area contributed by atoms with E-state index in [-0.39, 0.29) is 11.7 Å². The molecule has 164 valence electrons. The van der Waals surface area contributed by atoms with Crippen LogP contribution in [0.1, 0.15) is 24.7 Å². The minimum atomic E-state index is -0.0816. The van der Waals surface area contributed by atoms with E-state index in [1.165, 1.54) is 17.3 Å². The van der Waals surface area contributed by atoms with Crippen molar-refractivity contribution in [2.75, 3.05) is 25.3 Å². The minimum absolute atomic E-state index is 0.0816. The fourth-order valence-electron chi connectivity index (χ4n) is 3.17. The number of carbonyl (C=O) groups is 1. The Morgan fingerprint density at radius 2 is 1.61 bits per heavy atom. The summed E-state index contributed by atoms with van der Waals surface area (Å²) in [5.74, 6) is 2.77. The zero-order chi connectivity index (χ0) is 22.1. The van der Waals surface area contributed by atoms with E-state index in [2.05, 4.69) is 39.1 Å². The molecule has 0 fully saturated rings. The van der Waals surface area contributed by atoms with Gasteiger partial charge in [0.25, 0.3) is 0 Å². The molecule has 0 aliphatic rings. The Balaban J connectivity index is 1.49. The summed E-state index contributed by atoms with van der Waals surface area (Å²) in [5.41, 5.74) is 2.01. The average Bonchev–Trinajstić information content (AvgIpc) is 3.20. The van der Waals surface area contributed by atoms with Crippen molar-refractivity contribution in [3.05, 3.63) is 59.9 Å². The van der Waals surface area contributed by atoms with Crippen LogP contribution in [0.3, 0.4) is 0 Å². The second-order valence-electron chi connectivity index (χ2n) is 6.91. The van der Waals surface area contributed by atoms with Gasteiger partial charge in [-0.3, -0.25) is 4.79 Å². The first-order chi connectivity index (χ1) is 15.1. The Morgan fingerprint density at radius 1 is 0.968 bits per heavy atom. The first-order valence-electron chi connectivity index (χ1n) is 10.2. The first kappa shape index (κ1) is 22.7. The van der Waals surface area contributed by atoms with Gasteiger partial charge < -0.3 is 19.4 Å². The number of aromatic nitrogens is 3.